The quantitative estimate of drug-likeness (QED) is 0.0130. The van der Waals surface area contributed by atoms with Gasteiger partial charge in [-0.2, -0.15) is 4.58 Å². The number of nitrogens with one attached hydrogen (secondary N) is 1. The van der Waals surface area contributed by atoms with Crippen LogP contribution in [0.1, 0.15) is 116 Å². The lowest BCUT2D eigenvalue weighted by Gasteiger charge is -2.46. The van der Waals surface area contributed by atoms with Gasteiger partial charge >= 0.3 is 0 Å². The predicted octanol–water partition coefficient (Wildman–Crippen LogP) is -1.69. The number of benzene rings is 3. The van der Waals surface area contributed by atoms with Gasteiger partial charge in [0.1, 0.15) is 129 Å². The molecule has 694 valence electrons. The molecule has 123 heavy (non-hydrogen) atoms. The number of unbranched alkanes of at least 4 members (excludes halogenated alkanes) is 4. The van der Waals surface area contributed by atoms with Crippen molar-refractivity contribution in [2.24, 2.45) is 0 Å². The molecule has 5 saturated heterocycles. The number of hydrogen-bond donors (Lipinski definition) is 17. The fraction of sp³-hybridized carbons (Fsp3) is 0.718. The number of aliphatic hydroxyl groups is 16. The minimum Gasteiger partial charge on any atom is -0.748 e. The van der Waals surface area contributed by atoms with Gasteiger partial charge in [-0.15, -0.1) is 0 Å². The van der Waals surface area contributed by atoms with Crippen LogP contribution < -0.4 is 10.2 Å². The van der Waals surface area contributed by atoms with E-state index in [4.69, 9.17) is 66.3 Å². The molecule has 3 aromatic rings. The van der Waals surface area contributed by atoms with Gasteiger partial charge in [-0.05, 0) is 118 Å². The minimum atomic E-state index is -4.34. The third kappa shape index (κ3) is 25.7. The first-order valence-electron chi connectivity index (χ1n) is 42.6. The summed E-state index contributed by atoms with van der Waals surface area (Å²) in [4.78, 5) is 15.9. The zero-order valence-electron chi connectivity index (χ0n) is 70.3. The van der Waals surface area contributed by atoms with Gasteiger partial charge in [-0.3, -0.25) is 4.79 Å². The fourth-order valence-electron chi connectivity index (χ4n) is 16.5. The summed E-state index contributed by atoms with van der Waals surface area (Å²) in [5.74, 6) is -0.566. The third-order valence-electron chi connectivity index (χ3n) is 23.5. The zero-order chi connectivity index (χ0) is 88.9. The average Bonchev–Trinajstić information content (AvgIpc) is 1.59. The second kappa shape index (κ2) is 47.4. The van der Waals surface area contributed by atoms with Crippen LogP contribution in [-0.2, 0) is 98.5 Å². The van der Waals surface area contributed by atoms with Crippen LogP contribution in [0, 0.1) is 0 Å². The Morgan fingerprint density at radius 2 is 0.935 bits per heavy atom. The van der Waals surface area contributed by atoms with Gasteiger partial charge in [0.05, 0.1) is 81.4 Å². The number of allylic oxidation sites excluding steroid dienone is 6. The Balaban J connectivity index is 0.787. The summed E-state index contributed by atoms with van der Waals surface area (Å²) < 4.78 is 122. The van der Waals surface area contributed by atoms with E-state index in [1.165, 1.54) is 0 Å². The highest BCUT2D eigenvalue weighted by atomic mass is 32.2. The second-order valence-electron chi connectivity index (χ2n) is 33.0. The fourth-order valence-corrected chi connectivity index (χ4v) is 17.0. The normalized spacial score (nSPS) is 33.1. The van der Waals surface area contributed by atoms with Crippen molar-refractivity contribution in [2.75, 3.05) is 123 Å². The van der Waals surface area contributed by atoms with E-state index >= 15 is 0 Å². The number of hydrogen-bond acceptors (Lipinski definition) is 35. The van der Waals surface area contributed by atoms with E-state index in [-0.39, 0.29) is 116 Å². The van der Waals surface area contributed by atoms with Crippen LogP contribution in [0.25, 0.3) is 10.8 Å². The van der Waals surface area contributed by atoms with Gasteiger partial charge in [0.25, 0.3) is 0 Å². The molecule has 0 bridgehead atoms. The van der Waals surface area contributed by atoms with Crippen LogP contribution in [0.2, 0.25) is 0 Å². The average molecular weight is 1770 g/mol. The van der Waals surface area contributed by atoms with Gasteiger partial charge in [-0.25, -0.2) is 8.42 Å². The van der Waals surface area contributed by atoms with Crippen LogP contribution in [0.15, 0.2) is 90.7 Å². The summed E-state index contributed by atoms with van der Waals surface area (Å²) in [6, 6.07) is 18.7. The summed E-state index contributed by atoms with van der Waals surface area (Å²) in [5, 5.41) is 171. The SMILES string of the molecule is CC[N+]1=C(/C=C/C=C/C=C2\N(CCCCS(=O)(=O)[O-])c3cc4ccccc4cc3C2(C)C)C(C)(C)c2cc(CC(=O)NCCCCCCO[C@@H]3O[C@H](COCCCO[C@H]4O[C@H](CO)[C@@H](O)[C@H](O)[C@@H]4O)[C@@H](OCCCO[C@H]4O[C@H](CO)[C@@H](O)[C@H](O)[C@@H]4O)[C@H](OCCCO[C@H]4O[C@H](CO)[C@@H](O)[C@H](O)[C@@H]4O)[C@H]3OCCCO[C@H]3O[C@H](CO)[C@@H](O)[C@H](O)[C@@H]3O)ccc21. The smallest absolute Gasteiger partial charge is 0.224 e. The topological polar surface area (TPSA) is 545 Å². The predicted molar refractivity (Wildman–Crippen MR) is 437 cm³/mol. The monoisotopic (exact) mass is 1770 g/mol. The molecule has 0 spiro atoms. The molecule has 0 aliphatic carbocycles. The Hall–Kier alpha value is -5.21. The molecule has 0 aromatic heterocycles. The standard InChI is InChI=1S/C85H129N3O34S/c1-6-87-54-27-26-49(40-52(54)84(2,3)61(87)24-10-9-11-25-62-85(4,5)53-42-50-22-12-13-23-51(50)43-55(53)88(62)29-15-17-39-123(106,107)108)41-63(93)86-28-14-7-8-16-31-117-83-78(112-34-21-38-116-82-75(105)71(101)67(97)59(47-92)121-82)77(111-33-20-37-115-81-74(104)70(100)66(96)58(46-91)120-81)76(110-32-19-36-114-80-73(103)69(99)65(95)57(45-90)119-80)60(122-83)48-109-30-18-35-113-79-72(102)68(98)64(94)56(44-89)118-79/h9-13,22-27,40,42-43,56-60,64-83,89-92,94-105H,6-8,14-21,28-39,41,44-48H2,1-5H3,(H-,86,93,106,107,108)/t56-,57-,58-,59-,60-,64-,65-,66-,67-,68+,69+,70+,71+,72+,73+,74+,75+,76-,77+,78-,79+,80+,81+,82+,83-/m1/s1. The van der Waals surface area contributed by atoms with Crippen LogP contribution in [0.3, 0.4) is 0 Å². The molecule has 7 aliphatic heterocycles. The Morgan fingerprint density at radius 3 is 1.44 bits per heavy atom. The van der Waals surface area contributed by atoms with Crippen LogP contribution in [0.4, 0.5) is 11.4 Å². The van der Waals surface area contributed by atoms with Gasteiger partial charge in [-0.1, -0.05) is 75.2 Å². The zero-order valence-corrected chi connectivity index (χ0v) is 71.1. The third-order valence-corrected chi connectivity index (χ3v) is 24.2. The minimum absolute atomic E-state index is 0.0216. The summed E-state index contributed by atoms with van der Waals surface area (Å²) in [6.07, 6.45) is -22.7. The molecular weight excluding hydrogens is 1640 g/mol. The van der Waals surface area contributed by atoms with E-state index in [9.17, 15) is 99.5 Å². The number of amides is 1. The van der Waals surface area contributed by atoms with Crippen LogP contribution in [0.5, 0.6) is 0 Å². The number of rotatable bonds is 48. The van der Waals surface area contributed by atoms with Crippen molar-refractivity contribution in [2.45, 2.75) is 270 Å². The molecule has 37 nitrogen and oxygen atoms in total. The maximum atomic E-state index is 13.7. The highest BCUT2D eigenvalue weighted by molar-refractivity contribution is 7.85. The van der Waals surface area contributed by atoms with Gasteiger partial charge in [0, 0.05) is 86.4 Å². The molecule has 3 aromatic carbocycles. The molecule has 7 aliphatic rings. The first-order chi connectivity index (χ1) is 58.9. The van der Waals surface area contributed by atoms with Crippen molar-refractivity contribution >= 4 is 43.9 Å². The van der Waals surface area contributed by atoms with E-state index in [0.29, 0.717) is 51.7 Å². The summed E-state index contributed by atoms with van der Waals surface area (Å²) in [6.45, 7) is 8.50. The molecular formula is C85H129N3O34S. The van der Waals surface area contributed by atoms with E-state index < -0.39 is 201 Å². The lowest BCUT2D eigenvalue weighted by atomic mass is 9.80. The van der Waals surface area contributed by atoms with Gasteiger partial charge in [0.2, 0.25) is 11.6 Å². The van der Waals surface area contributed by atoms with Crippen molar-refractivity contribution in [1.82, 2.24) is 5.32 Å². The van der Waals surface area contributed by atoms with Crippen molar-refractivity contribution in [3.05, 3.63) is 107 Å². The number of nitrogens with zero attached hydrogens (tertiary/aromatic N) is 2. The van der Waals surface area contributed by atoms with Crippen molar-refractivity contribution in [3.63, 3.8) is 0 Å². The van der Waals surface area contributed by atoms with E-state index in [0.717, 1.165) is 50.2 Å². The number of anilines is 1. The summed E-state index contributed by atoms with van der Waals surface area (Å²) >= 11 is 0. The largest absolute Gasteiger partial charge is 0.748 e. The Kier molecular flexibility index (Phi) is 38.5. The molecule has 0 radical (unpaired) electrons. The molecule has 25 atom stereocenters. The molecule has 0 saturated carbocycles. The van der Waals surface area contributed by atoms with E-state index in [1.54, 1.807) is 0 Å². The number of carbonyl (C=O) groups is 1. The van der Waals surface area contributed by atoms with Gasteiger partial charge < -0.3 is 163 Å². The lowest BCUT2D eigenvalue weighted by molar-refractivity contribution is -0.433. The Bertz CT molecular complexity index is 4000. The maximum Gasteiger partial charge on any atom is 0.224 e. The van der Waals surface area contributed by atoms with Crippen molar-refractivity contribution < 1.29 is 170 Å². The molecule has 1 amide bonds. The maximum absolute atomic E-state index is 13.7. The van der Waals surface area contributed by atoms with E-state index in [2.05, 4.69) is 98.0 Å². The van der Waals surface area contributed by atoms with E-state index in [1.807, 2.05) is 36.4 Å². The first-order valence-corrected chi connectivity index (χ1v) is 44.2. The summed E-state index contributed by atoms with van der Waals surface area (Å²) in [7, 11) is -4.34. The number of ether oxygens (including phenoxy) is 14. The Labute approximate surface area is 716 Å². The molecule has 7 heterocycles. The highest BCUT2D eigenvalue weighted by Crippen LogP contribution is 2.50. The van der Waals surface area contributed by atoms with Crippen molar-refractivity contribution in [3.8, 4) is 0 Å². The number of aliphatic hydroxyl groups excluding tert-OH is 16. The molecule has 17 N–H and O–H groups in total. The highest BCUT2D eigenvalue weighted by Gasteiger charge is 2.52. The second-order valence-corrected chi connectivity index (χ2v) is 34.5. The summed E-state index contributed by atoms with van der Waals surface area (Å²) in [5.41, 5.74) is 6.53. The number of carbonyl (C=O) groups excluding carboxylic acids is 1. The first kappa shape index (κ1) is 99.9. The van der Waals surface area contributed by atoms with Crippen molar-refractivity contribution in [1.29, 1.82) is 0 Å². The molecule has 38 heteroatoms. The Morgan fingerprint density at radius 1 is 0.480 bits per heavy atom. The number of fused-ring (bicyclic) bond motifs is 3. The van der Waals surface area contributed by atoms with Gasteiger partial charge in [0.15, 0.2) is 37.2 Å². The van der Waals surface area contributed by atoms with Crippen LogP contribution in [-0.4, -0.2) is 382 Å². The molecule has 5 fully saturated rings. The van der Waals surface area contributed by atoms with Crippen LogP contribution >= 0.6 is 0 Å². The molecule has 0 unspecified atom stereocenters. The lowest BCUT2D eigenvalue weighted by Crippen LogP contribution is -2.62. The molecule has 10 rings (SSSR count).